The molecule has 0 aromatic heterocycles. The fraction of sp³-hybridized carbons (Fsp3) is 0.882. The second kappa shape index (κ2) is 5.98. The van der Waals surface area contributed by atoms with Crippen LogP contribution < -0.4 is 5.32 Å². The average Bonchev–Trinajstić information content (AvgIpc) is 2.74. The molecule has 1 spiro atoms. The summed E-state index contributed by atoms with van der Waals surface area (Å²) in [6, 6.07) is -0.138. The molecule has 118 valence electrons. The van der Waals surface area contributed by atoms with Crippen molar-refractivity contribution in [2.24, 2.45) is 11.8 Å². The van der Waals surface area contributed by atoms with Crippen LogP contribution in [-0.2, 0) is 4.79 Å². The quantitative estimate of drug-likeness (QED) is 0.810. The van der Waals surface area contributed by atoms with Crippen LogP contribution in [0.5, 0.6) is 0 Å². The van der Waals surface area contributed by atoms with Crippen LogP contribution in [0.25, 0.3) is 0 Å². The van der Waals surface area contributed by atoms with Gasteiger partial charge in [-0.3, -0.25) is 9.69 Å². The van der Waals surface area contributed by atoms with Crippen LogP contribution in [0.4, 0.5) is 4.79 Å². The maximum atomic E-state index is 12.8. The molecular formula is C17H28N2O2. The first-order valence-electron chi connectivity index (χ1n) is 8.79. The Balaban J connectivity index is 1.64. The van der Waals surface area contributed by atoms with Gasteiger partial charge >= 0.3 is 6.03 Å². The fourth-order valence-corrected chi connectivity index (χ4v) is 4.39. The Kier molecular flexibility index (Phi) is 4.23. The average molecular weight is 292 g/mol. The minimum Gasteiger partial charge on any atom is -0.323 e. The van der Waals surface area contributed by atoms with Crippen LogP contribution in [0.3, 0.4) is 0 Å². The molecule has 21 heavy (non-hydrogen) atoms. The van der Waals surface area contributed by atoms with Crippen molar-refractivity contribution in [3.63, 3.8) is 0 Å². The molecule has 0 atom stereocenters. The van der Waals surface area contributed by atoms with Crippen molar-refractivity contribution in [2.45, 2.75) is 76.7 Å². The van der Waals surface area contributed by atoms with Crippen molar-refractivity contribution in [2.75, 3.05) is 6.54 Å². The van der Waals surface area contributed by atoms with Gasteiger partial charge < -0.3 is 5.32 Å². The highest BCUT2D eigenvalue weighted by Crippen LogP contribution is 2.38. The van der Waals surface area contributed by atoms with Gasteiger partial charge in [0.15, 0.2) is 0 Å². The monoisotopic (exact) mass is 292 g/mol. The van der Waals surface area contributed by atoms with Crippen molar-refractivity contribution >= 4 is 11.9 Å². The van der Waals surface area contributed by atoms with Gasteiger partial charge in [-0.2, -0.15) is 0 Å². The van der Waals surface area contributed by atoms with Crippen molar-refractivity contribution in [3.05, 3.63) is 0 Å². The normalized spacial score (nSPS) is 34.5. The minimum atomic E-state index is -0.558. The Morgan fingerprint density at radius 1 is 1.05 bits per heavy atom. The van der Waals surface area contributed by atoms with E-state index in [1.165, 1.54) is 43.4 Å². The summed E-state index contributed by atoms with van der Waals surface area (Å²) < 4.78 is 0. The van der Waals surface area contributed by atoms with Crippen molar-refractivity contribution in [1.29, 1.82) is 0 Å². The van der Waals surface area contributed by atoms with Crippen LogP contribution in [0, 0.1) is 11.8 Å². The number of amides is 3. The SMILES string of the molecule is CCC1CCC2(CC1)NC(=O)N(CC1CCCCC1)C2=O. The molecule has 2 saturated carbocycles. The van der Waals surface area contributed by atoms with Crippen molar-refractivity contribution in [1.82, 2.24) is 10.2 Å². The van der Waals surface area contributed by atoms with Gasteiger partial charge in [-0.1, -0.05) is 32.6 Å². The summed E-state index contributed by atoms with van der Waals surface area (Å²) in [7, 11) is 0. The van der Waals surface area contributed by atoms with Crippen molar-refractivity contribution in [3.8, 4) is 0 Å². The lowest BCUT2D eigenvalue weighted by atomic mass is 9.75. The molecule has 0 unspecified atom stereocenters. The number of imide groups is 1. The van der Waals surface area contributed by atoms with E-state index >= 15 is 0 Å². The molecule has 2 aliphatic carbocycles. The minimum absolute atomic E-state index is 0.0626. The lowest BCUT2D eigenvalue weighted by Crippen LogP contribution is -2.49. The summed E-state index contributed by atoms with van der Waals surface area (Å²) in [4.78, 5) is 26.6. The first-order chi connectivity index (χ1) is 10.1. The van der Waals surface area contributed by atoms with Gasteiger partial charge in [-0.05, 0) is 50.4 Å². The number of hydrogen-bond acceptors (Lipinski definition) is 2. The number of rotatable bonds is 3. The number of hydrogen-bond donors (Lipinski definition) is 1. The molecule has 3 fully saturated rings. The number of carbonyl (C=O) groups excluding carboxylic acids is 2. The van der Waals surface area contributed by atoms with E-state index in [2.05, 4.69) is 12.2 Å². The van der Waals surface area contributed by atoms with Crippen LogP contribution in [0.1, 0.15) is 71.1 Å². The Hall–Kier alpha value is -1.06. The van der Waals surface area contributed by atoms with Gasteiger partial charge in [0.1, 0.15) is 5.54 Å². The predicted molar refractivity (Wildman–Crippen MR) is 81.8 cm³/mol. The Morgan fingerprint density at radius 2 is 1.71 bits per heavy atom. The Labute approximate surface area is 127 Å². The third kappa shape index (κ3) is 2.82. The summed E-state index contributed by atoms with van der Waals surface area (Å²) >= 11 is 0. The molecule has 3 aliphatic rings. The van der Waals surface area contributed by atoms with E-state index in [0.29, 0.717) is 12.5 Å². The first kappa shape index (κ1) is 14.9. The first-order valence-corrected chi connectivity index (χ1v) is 8.79. The molecule has 0 aromatic carbocycles. The zero-order chi connectivity index (χ0) is 14.9. The highest BCUT2D eigenvalue weighted by atomic mass is 16.2. The molecule has 1 aliphatic heterocycles. The van der Waals surface area contributed by atoms with E-state index in [-0.39, 0.29) is 11.9 Å². The lowest BCUT2D eigenvalue weighted by molar-refractivity contribution is -0.133. The van der Waals surface area contributed by atoms with Gasteiger partial charge in [-0.25, -0.2) is 4.79 Å². The molecule has 3 rings (SSSR count). The van der Waals surface area contributed by atoms with Crippen LogP contribution in [0.2, 0.25) is 0 Å². The van der Waals surface area contributed by atoms with Crippen LogP contribution >= 0.6 is 0 Å². The maximum absolute atomic E-state index is 12.8. The molecule has 4 nitrogen and oxygen atoms in total. The molecule has 1 saturated heterocycles. The summed E-state index contributed by atoms with van der Waals surface area (Å²) in [6.07, 6.45) is 11.1. The van der Waals surface area contributed by atoms with Gasteiger partial charge in [0.2, 0.25) is 0 Å². The number of urea groups is 1. The summed E-state index contributed by atoms with van der Waals surface area (Å²) in [5.74, 6) is 1.32. The van der Waals surface area contributed by atoms with E-state index in [1.807, 2.05) is 0 Å². The highest BCUT2D eigenvalue weighted by Gasteiger charge is 2.52. The zero-order valence-electron chi connectivity index (χ0n) is 13.2. The van der Waals surface area contributed by atoms with Crippen molar-refractivity contribution < 1.29 is 9.59 Å². The van der Waals surface area contributed by atoms with Gasteiger partial charge in [-0.15, -0.1) is 0 Å². The zero-order valence-corrected chi connectivity index (χ0v) is 13.2. The summed E-state index contributed by atoms with van der Waals surface area (Å²) in [5.41, 5.74) is -0.558. The fourth-order valence-electron chi connectivity index (χ4n) is 4.39. The predicted octanol–water partition coefficient (Wildman–Crippen LogP) is 3.46. The lowest BCUT2D eigenvalue weighted by Gasteiger charge is -2.35. The smallest absolute Gasteiger partial charge is 0.323 e. The Morgan fingerprint density at radius 3 is 2.33 bits per heavy atom. The summed E-state index contributed by atoms with van der Waals surface area (Å²) in [5, 5.41) is 3.04. The number of nitrogens with zero attached hydrogens (tertiary/aromatic N) is 1. The second-order valence-electron chi connectivity index (χ2n) is 7.28. The standard InChI is InChI=1S/C17H28N2O2/c1-2-13-8-10-17(11-9-13)15(20)19(16(21)18-17)12-14-6-4-3-5-7-14/h13-14H,2-12H2,1H3,(H,18,21). The van der Waals surface area contributed by atoms with E-state index in [1.54, 1.807) is 0 Å². The van der Waals surface area contributed by atoms with Crippen LogP contribution in [0.15, 0.2) is 0 Å². The van der Waals surface area contributed by atoms with E-state index in [9.17, 15) is 9.59 Å². The van der Waals surface area contributed by atoms with E-state index in [4.69, 9.17) is 0 Å². The molecule has 0 bridgehead atoms. The molecule has 4 heteroatoms. The van der Waals surface area contributed by atoms with Gasteiger partial charge in [0.25, 0.3) is 5.91 Å². The third-order valence-electron chi connectivity index (χ3n) is 5.95. The molecular weight excluding hydrogens is 264 g/mol. The molecule has 1 heterocycles. The topological polar surface area (TPSA) is 49.4 Å². The molecule has 3 amide bonds. The van der Waals surface area contributed by atoms with Gasteiger partial charge in [0.05, 0.1) is 0 Å². The van der Waals surface area contributed by atoms with E-state index in [0.717, 1.165) is 31.6 Å². The highest BCUT2D eigenvalue weighted by molar-refractivity contribution is 6.07. The summed E-state index contributed by atoms with van der Waals surface area (Å²) in [6.45, 7) is 2.86. The third-order valence-corrected chi connectivity index (χ3v) is 5.95. The molecule has 1 N–H and O–H groups in total. The number of nitrogens with one attached hydrogen (secondary N) is 1. The van der Waals surface area contributed by atoms with Gasteiger partial charge in [0, 0.05) is 6.54 Å². The Bertz CT molecular complexity index is 407. The second-order valence-corrected chi connectivity index (χ2v) is 7.28. The maximum Gasteiger partial charge on any atom is 0.325 e. The largest absolute Gasteiger partial charge is 0.325 e. The molecule has 0 radical (unpaired) electrons. The van der Waals surface area contributed by atoms with E-state index < -0.39 is 5.54 Å². The number of carbonyl (C=O) groups is 2. The van der Waals surface area contributed by atoms with Crippen LogP contribution in [-0.4, -0.2) is 28.9 Å². The molecule has 0 aromatic rings.